The molecular weight excluding hydrogens is 355 g/mol. The smallest absolute Gasteiger partial charge is 0.230 e. The molecule has 26 heavy (non-hydrogen) atoms. The Balaban J connectivity index is 0.00000196. The molecule has 1 amide bonds. The summed E-state index contributed by atoms with van der Waals surface area (Å²) in [6.45, 7) is 3.37. The minimum absolute atomic E-state index is 0. The molecule has 1 aromatic carbocycles. The lowest BCUT2D eigenvalue weighted by atomic mass is 9.67. The number of ether oxygens (including phenoxy) is 1. The summed E-state index contributed by atoms with van der Waals surface area (Å²) < 4.78 is 18.9. The third-order valence-corrected chi connectivity index (χ3v) is 6.31. The SMILES string of the molecule is Cl.O=C(N1CCC(Oc2ccc(F)cc2)CC1)[C@@]12CCCC[C@H]1CNC2. The first kappa shape index (κ1) is 19.4. The fourth-order valence-electron chi connectivity index (χ4n) is 4.87. The molecule has 0 bridgehead atoms. The highest BCUT2D eigenvalue weighted by Gasteiger charge is 2.51. The van der Waals surface area contributed by atoms with E-state index in [9.17, 15) is 9.18 Å². The van der Waals surface area contributed by atoms with E-state index in [4.69, 9.17) is 4.74 Å². The van der Waals surface area contributed by atoms with Gasteiger partial charge in [-0.25, -0.2) is 4.39 Å². The molecule has 4 nitrogen and oxygen atoms in total. The van der Waals surface area contributed by atoms with Crippen LogP contribution in [-0.2, 0) is 4.79 Å². The molecule has 2 saturated heterocycles. The number of fused-ring (bicyclic) bond motifs is 1. The van der Waals surface area contributed by atoms with Gasteiger partial charge < -0.3 is 15.0 Å². The zero-order valence-electron chi connectivity index (χ0n) is 15.1. The fourth-order valence-corrected chi connectivity index (χ4v) is 4.87. The Kier molecular flexibility index (Phi) is 6.08. The number of nitrogens with one attached hydrogen (secondary N) is 1. The van der Waals surface area contributed by atoms with E-state index in [-0.39, 0.29) is 29.7 Å². The van der Waals surface area contributed by atoms with E-state index in [0.717, 1.165) is 45.4 Å². The maximum absolute atomic E-state index is 13.3. The Labute approximate surface area is 160 Å². The fraction of sp³-hybridized carbons (Fsp3) is 0.650. The van der Waals surface area contributed by atoms with Crippen LogP contribution in [0.1, 0.15) is 38.5 Å². The van der Waals surface area contributed by atoms with Gasteiger partial charge in [0.1, 0.15) is 17.7 Å². The van der Waals surface area contributed by atoms with Gasteiger partial charge in [-0.1, -0.05) is 12.8 Å². The number of halogens is 2. The molecule has 2 aliphatic heterocycles. The molecule has 0 radical (unpaired) electrons. The van der Waals surface area contributed by atoms with Crippen molar-refractivity contribution in [2.75, 3.05) is 26.2 Å². The summed E-state index contributed by atoms with van der Waals surface area (Å²) in [5.74, 6) is 1.33. The molecule has 6 heteroatoms. The van der Waals surface area contributed by atoms with Gasteiger partial charge in [0.15, 0.2) is 0 Å². The highest BCUT2D eigenvalue weighted by atomic mass is 35.5. The molecule has 3 fully saturated rings. The average molecular weight is 383 g/mol. The van der Waals surface area contributed by atoms with Crippen LogP contribution in [-0.4, -0.2) is 43.1 Å². The van der Waals surface area contributed by atoms with E-state index in [1.165, 1.54) is 31.4 Å². The van der Waals surface area contributed by atoms with Gasteiger partial charge in [0, 0.05) is 32.5 Å². The molecule has 4 rings (SSSR count). The van der Waals surface area contributed by atoms with Gasteiger partial charge in [-0.3, -0.25) is 4.79 Å². The van der Waals surface area contributed by atoms with Crippen LogP contribution in [0.25, 0.3) is 0 Å². The van der Waals surface area contributed by atoms with Crippen molar-refractivity contribution >= 4 is 18.3 Å². The van der Waals surface area contributed by atoms with Gasteiger partial charge in [-0.15, -0.1) is 12.4 Å². The predicted octanol–water partition coefficient (Wildman–Crippen LogP) is 3.40. The Bertz CT molecular complexity index is 619. The summed E-state index contributed by atoms with van der Waals surface area (Å²) in [5.41, 5.74) is -0.150. The summed E-state index contributed by atoms with van der Waals surface area (Å²) in [4.78, 5) is 15.3. The van der Waals surface area contributed by atoms with Crippen LogP contribution in [0.15, 0.2) is 24.3 Å². The number of carbonyl (C=O) groups excluding carboxylic acids is 1. The van der Waals surface area contributed by atoms with Crippen molar-refractivity contribution in [3.63, 3.8) is 0 Å². The van der Waals surface area contributed by atoms with Crippen LogP contribution in [0.3, 0.4) is 0 Å². The minimum Gasteiger partial charge on any atom is -0.490 e. The third-order valence-electron chi connectivity index (χ3n) is 6.31. The first-order valence-corrected chi connectivity index (χ1v) is 9.60. The van der Waals surface area contributed by atoms with Crippen molar-refractivity contribution in [2.24, 2.45) is 11.3 Å². The van der Waals surface area contributed by atoms with Gasteiger partial charge in [0.05, 0.1) is 5.41 Å². The number of hydrogen-bond acceptors (Lipinski definition) is 3. The number of piperidine rings is 1. The van der Waals surface area contributed by atoms with Crippen molar-refractivity contribution in [3.05, 3.63) is 30.1 Å². The van der Waals surface area contributed by atoms with Crippen LogP contribution in [0.4, 0.5) is 4.39 Å². The number of nitrogens with zero attached hydrogens (tertiary/aromatic N) is 1. The van der Waals surface area contributed by atoms with Crippen molar-refractivity contribution in [1.29, 1.82) is 0 Å². The minimum atomic E-state index is -0.251. The van der Waals surface area contributed by atoms with E-state index in [0.29, 0.717) is 17.6 Å². The maximum atomic E-state index is 13.3. The summed E-state index contributed by atoms with van der Waals surface area (Å²) >= 11 is 0. The summed E-state index contributed by atoms with van der Waals surface area (Å²) in [5, 5.41) is 3.47. The first-order chi connectivity index (χ1) is 12.2. The summed E-state index contributed by atoms with van der Waals surface area (Å²) in [7, 11) is 0. The van der Waals surface area contributed by atoms with Crippen LogP contribution in [0.5, 0.6) is 5.75 Å². The van der Waals surface area contributed by atoms with Gasteiger partial charge in [-0.2, -0.15) is 0 Å². The lowest BCUT2D eigenvalue weighted by molar-refractivity contribution is -0.147. The molecule has 0 spiro atoms. The molecule has 1 saturated carbocycles. The van der Waals surface area contributed by atoms with Crippen molar-refractivity contribution in [1.82, 2.24) is 10.2 Å². The first-order valence-electron chi connectivity index (χ1n) is 9.60. The second-order valence-corrected chi connectivity index (χ2v) is 7.79. The molecule has 1 aromatic rings. The van der Waals surface area contributed by atoms with Crippen LogP contribution in [0, 0.1) is 17.2 Å². The van der Waals surface area contributed by atoms with Gasteiger partial charge >= 0.3 is 0 Å². The number of hydrogen-bond donors (Lipinski definition) is 1. The van der Waals surface area contributed by atoms with Gasteiger partial charge in [-0.05, 0) is 49.6 Å². The molecule has 1 aliphatic carbocycles. The Morgan fingerprint density at radius 1 is 1.15 bits per heavy atom. The number of benzene rings is 1. The number of amides is 1. The number of rotatable bonds is 3. The standard InChI is InChI=1S/C20H27FN2O2.ClH/c21-16-4-6-17(7-5-16)25-18-8-11-23(12-9-18)19(24)20-10-2-1-3-15(20)13-22-14-20;/h4-7,15,18,22H,1-3,8-14H2;1H/t15-,20+;/m0./s1. The van der Waals surface area contributed by atoms with E-state index in [2.05, 4.69) is 10.2 Å². The van der Waals surface area contributed by atoms with Crippen molar-refractivity contribution in [3.8, 4) is 5.75 Å². The quantitative estimate of drug-likeness (QED) is 0.871. The molecule has 144 valence electrons. The molecule has 0 aromatic heterocycles. The number of carbonyl (C=O) groups is 1. The van der Waals surface area contributed by atoms with Crippen molar-refractivity contribution in [2.45, 2.75) is 44.6 Å². The van der Waals surface area contributed by atoms with Crippen LogP contribution >= 0.6 is 12.4 Å². The average Bonchev–Trinajstić information content (AvgIpc) is 3.09. The van der Waals surface area contributed by atoms with E-state index >= 15 is 0 Å². The highest BCUT2D eigenvalue weighted by Crippen LogP contribution is 2.45. The van der Waals surface area contributed by atoms with E-state index in [1.807, 2.05) is 0 Å². The lowest BCUT2D eigenvalue weighted by Crippen LogP contribution is -2.52. The largest absolute Gasteiger partial charge is 0.490 e. The molecular formula is C20H28ClFN2O2. The van der Waals surface area contributed by atoms with Gasteiger partial charge in [0.2, 0.25) is 5.91 Å². The highest BCUT2D eigenvalue weighted by molar-refractivity contribution is 5.85. The topological polar surface area (TPSA) is 41.6 Å². The van der Waals surface area contributed by atoms with Crippen LogP contribution in [0.2, 0.25) is 0 Å². The van der Waals surface area contributed by atoms with E-state index < -0.39 is 0 Å². The zero-order valence-corrected chi connectivity index (χ0v) is 15.9. The summed E-state index contributed by atoms with van der Waals surface area (Å²) in [6, 6.07) is 6.18. The monoisotopic (exact) mass is 382 g/mol. The Hall–Kier alpha value is -1.33. The molecule has 2 atom stereocenters. The normalized spacial score (nSPS) is 29.0. The lowest BCUT2D eigenvalue weighted by Gasteiger charge is -2.42. The second-order valence-electron chi connectivity index (χ2n) is 7.79. The molecule has 1 N–H and O–H groups in total. The predicted molar refractivity (Wildman–Crippen MR) is 101 cm³/mol. The van der Waals surface area contributed by atoms with Gasteiger partial charge in [0.25, 0.3) is 0 Å². The van der Waals surface area contributed by atoms with Crippen molar-refractivity contribution < 1.29 is 13.9 Å². The molecule has 3 aliphatic rings. The number of likely N-dealkylation sites (tertiary alicyclic amines) is 1. The second kappa shape index (κ2) is 8.13. The zero-order chi connectivity index (χ0) is 17.3. The summed E-state index contributed by atoms with van der Waals surface area (Å²) in [6.07, 6.45) is 6.45. The Morgan fingerprint density at radius 3 is 2.62 bits per heavy atom. The van der Waals surface area contributed by atoms with E-state index in [1.54, 1.807) is 12.1 Å². The molecule has 2 heterocycles. The Morgan fingerprint density at radius 2 is 1.88 bits per heavy atom. The van der Waals surface area contributed by atoms with Crippen LogP contribution < -0.4 is 10.1 Å². The maximum Gasteiger partial charge on any atom is 0.230 e. The molecule has 0 unspecified atom stereocenters. The third kappa shape index (κ3) is 3.70.